The van der Waals surface area contributed by atoms with Crippen molar-refractivity contribution in [2.75, 3.05) is 20.6 Å². The average Bonchev–Trinajstić information content (AvgIpc) is 3.28. The van der Waals surface area contributed by atoms with Gasteiger partial charge in [0.05, 0.1) is 12.8 Å². The Kier molecular flexibility index (Phi) is 8.28. The Bertz CT molecular complexity index is 1050. The molecule has 42 heavy (non-hydrogen) atoms. The first-order chi connectivity index (χ1) is 19.4. The van der Waals surface area contributed by atoms with E-state index in [1.54, 1.807) is 0 Å². The third-order valence-corrected chi connectivity index (χ3v) is 15.1. The Morgan fingerprint density at radius 2 is 1.52 bits per heavy atom. The summed E-state index contributed by atoms with van der Waals surface area (Å²) in [5, 5.41) is 9.28. The number of carboxylic acids is 1. The summed E-state index contributed by atoms with van der Waals surface area (Å²) in [6.07, 6.45) is 16.0. The van der Waals surface area contributed by atoms with Gasteiger partial charge in [0.1, 0.15) is 6.10 Å². The van der Waals surface area contributed by atoms with Crippen LogP contribution in [0.2, 0.25) is 0 Å². The van der Waals surface area contributed by atoms with E-state index in [2.05, 4.69) is 53.6 Å². The molecule has 240 valence electrons. The highest BCUT2D eigenvalue weighted by Crippen LogP contribution is 2.77. The molecule has 0 spiro atoms. The lowest BCUT2D eigenvalue weighted by Crippen LogP contribution is -2.66. The summed E-state index contributed by atoms with van der Waals surface area (Å²) in [5.41, 5.74) is 0.965. The fourth-order valence-corrected chi connectivity index (χ4v) is 12.8. The van der Waals surface area contributed by atoms with E-state index in [1.165, 1.54) is 70.8 Å². The smallest absolute Gasteiger partial charge is 0.306 e. The van der Waals surface area contributed by atoms with E-state index >= 15 is 0 Å². The average molecular weight is 586 g/mol. The van der Waals surface area contributed by atoms with Crippen LogP contribution < -0.4 is 0 Å². The quantitative estimate of drug-likeness (QED) is 0.289. The van der Waals surface area contributed by atoms with E-state index in [9.17, 15) is 14.7 Å². The Morgan fingerprint density at radius 3 is 2.19 bits per heavy atom. The molecular formula is C37H63NO4. The molecule has 5 fully saturated rings. The highest BCUT2D eigenvalue weighted by Gasteiger charge is 2.70. The van der Waals surface area contributed by atoms with Crippen LogP contribution in [0.5, 0.6) is 0 Å². The van der Waals surface area contributed by atoms with Gasteiger partial charge in [-0.3, -0.25) is 9.59 Å². The van der Waals surface area contributed by atoms with Crippen LogP contribution in [0.4, 0.5) is 0 Å². The second-order valence-electron chi connectivity index (χ2n) is 18.3. The molecule has 5 heteroatoms. The van der Waals surface area contributed by atoms with Gasteiger partial charge in [-0.15, -0.1) is 0 Å². The Hall–Kier alpha value is -1.10. The number of esters is 1. The van der Waals surface area contributed by atoms with Gasteiger partial charge in [-0.25, -0.2) is 0 Å². The maximum atomic E-state index is 13.1. The van der Waals surface area contributed by atoms with Gasteiger partial charge in [-0.05, 0) is 142 Å². The molecule has 0 bridgehead atoms. The molecule has 0 radical (unpaired) electrons. The fraction of sp³-hybridized carbons (Fsp3) is 0.946. The van der Waals surface area contributed by atoms with Gasteiger partial charge >= 0.3 is 11.9 Å². The first kappa shape index (κ1) is 32.3. The predicted molar refractivity (Wildman–Crippen MR) is 169 cm³/mol. The van der Waals surface area contributed by atoms with Crippen LogP contribution in [0.3, 0.4) is 0 Å². The van der Waals surface area contributed by atoms with E-state index in [-0.39, 0.29) is 35.7 Å². The third kappa shape index (κ3) is 5.08. The summed E-state index contributed by atoms with van der Waals surface area (Å²) in [6, 6.07) is 0. The number of carbonyl (C=O) groups is 2. The van der Waals surface area contributed by atoms with Crippen molar-refractivity contribution in [1.82, 2.24) is 4.90 Å². The lowest BCUT2D eigenvalue weighted by Gasteiger charge is -2.72. The summed E-state index contributed by atoms with van der Waals surface area (Å²) in [5.74, 6) is 1.96. The summed E-state index contributed by atoms with van der Waals surface area (Å²) in [4.78, 5) is 26.8. The van der Waals surface area contributed by atoms with E-state index < -0.39 is 11.4 Å². The molecule has 2 unspecified atom stereocenters. The monoisotopic (exact) mass is 585 g/mol. The molecule has 5 aliphatic carbocycles. The van der Waals surface area contributed by atoms with E-state index in [4.69, 9.17) is 4.74 Å². The molecule has 0 heterocycles. The van der Waals surface area contributed by atoms with E-state index in [0.29, 0.717) is 22.2 Å². The zero-order valence-electron chi connectivity index (χ0n) is 28.6. The molecule has 5 aliphatic rings. The number of nitrogens with zero attached hydrogens (tertiary/aromatic N) is 1. The van der Waals surface area contributed by atoms with Crippen molar-refractivity contribution in [3.05, 3.63) is 0 Å². The molecule has 0 aromatic carbocycles. The summed E-state index contributed by atoms with van der Waals surface area (Å²) in [6.45, 7) is 17.8. The normalized spacial score (nSPS) is 44.5. The molecule has 9 atom stereocenters. The molecule has 0 aliphatic heterocycles. The van der Waals surface area contributed by atoms with Gasteiger partial charge in [0.25, 0.3) is 0 Å². The SMILES string of the molecule is CN(C)CC[C@]12CCC[C@@H]1[C@H]1CCC3[C@@]4(C)CC[C@H](OC(=O)CC(C)(C)CC(=O)O)C(C)(C)C4CC[C@@]3(C)[C@]1(C)CC2. The molecule has 0 aromatic heterocycles. The standard InChI is InChI=1S/C37H63NO4/c1-32(2,23-30(39)40)24-31(41)42-29-15-17-34(5)27(33(29,3)4)14-18-36(7)28(34)13-12-25-26-11-10-16-37(26,21-22-38(8)9)20-19-35(25,36)6/h25-29H,10-24H2,1-9H3,(H,39,40)/t25-,26-,27?,28?,29+,34+,35-,36-,37-/m1/s1. The highest BCUT2D eigenvalue weighted by atomic mass is 16.5. The minimum atomic E-state index is -0.861. The zero-order chi connectivity index (χ0) is 30.9. The maximum absolute atomic E-state index is 13.1. The molecule has 5 nitrogen and oxygen atoms in total. The van der Waals surface area contributed by atoms with Gasteiger partial charge in [0, 0.05) is 5.41 Å². The zero-order valence-corrected chi connectivity index (χ0v) is 28.6. The number of aliphatic carboxylic acids is 1. The maximum Gasteiger partial charge on any atom is 0.306 e. The molecule has 0 aromatic rings. The Balaban J connectivity index is 1.34. The van der Waals surface area contributed by atoms with Crippen LogP contribution in [-0.2, 0) is 14.3 Å². The molecule has 1 N–H and O–H groups in total. The summed E-state index contributed by atoms with van der Waals surface area (Å²) in [7, 11) is 4.49. The van der Waals surface area contributed by atoms with Crippen LogP contribution in [-0.4, -0.2) is 48.7 Å². The van der Waals surface area contributed by atoms with Crippen molar-refractivity contribution in [2.45, 2.75) is 144 Å². The van der Waals surface area contributed by atoms with Crippen molar-refractivity contribution >= 4 is 11.9 Å². The minimum Gasteiger partial charge on any atom is -0.481 e. The van der Waals surface area contributed by atoms with Gasteiger partial charge < -0.3 is 14.7 Å². The van der Waals surface area contributed by atoms with Crippen LogP contribution >= 0.6 is 0 Å². The molecular weight excluding hydrogens is 522 g/mol. The van der Waals surface area contributed by atoms with Gasteiger partial charge in [-0.1, -0.05) is 54.9 Å². The third-order valence-electron chi connectivity index (χ3n) is 15.1. The van der Waals surface area contributed by atoms with Gasteiger partial charge in [0.2, 0.25) is 0 Å². The molecule has 5 rings (SSSR count). The second kappa shape index (κ2) is 10.8. The number of ether oxygens (including phenoxy) is 1. The van der Waals surface area contributed by atoms with Crippen molar-refractivity contribution in [3.63, 3.8) is 0 Å². The first-order valence-corrected chi connectivity index (χ1v) is 17.5. The van der Waals surface area contributed by atoms with Crippen molar-refractivity contribution < 1.29 is 19.4 Å². The van der Waals surface area contributed by atoms with E-state index in [0.717, 1.165) is 30.6 Å². The number of hydrogen-bond donors (Lipinski definition) is 1. The molecule has 0 amide bonds. The lowest BCUT2D eigenvalue weighted by molar-refractivity contribution is -0.249. The number of rotatable bonds is 8. The summed E-state index contributed by atoms with van der Waals surface area (Å²) < 4.78 is 6.25. The number of fused-ring (bicyclic) bond motifs is 7. The highest BCUT2D eigenvalue weighted by molar-refractivity contribution is 5.73. The minimum absolute atomic E-state index is 0.0193. The first-order valence-electron chi connectivity index (χ1n) is 17.5. The predicted octanol–water partition coefficient (Wildman–Crippen LogP) is 8.60. The largest absolute Gasteiger partial charge is 0.481 e. The van der Waals surface area contributed by atoms with Crippen molar-refractivity contribution in [1.29, 1.82) is 0 Å². The van der Waals surface area contributed by atoms with Crippen LogP contribution in [0.15, 0.2) is 0 Å². The van der Waals surface area contributed by atoms with Crippen molar-refractivity contribution in [2.24, 2.45) is 56.2 Å². The number of hydrogen-bond acceptors (Lipinski definition) is 4. The Labute approximate surface area is 257 Å². The van der Waals surface area contributed by atoms with Crippen LogP contribution in [0, 0.1) is 56.2 Å². The van der Waals surface area contributed by atoms with Gasteiger partial charge in [0.15, 0.2) is 0 Å². The summed E-state index contributed by atoms with van der Waals surface area (Å²) >= 11 is 0. The number of carboxylic acid groups (broad SMARTS) is 1. The van der Waals surface area contributed by atoms with Crippen LogP contribution in [0.1, 0.15) is 138 Å². The molecule has 5 saturated carbocycles. The van der Waals surface area contributed by atoms with E-state index in [1.807, 2.05) is 13.8 Å². The Morgan fingerprint density at radius 1 is 0.810 bits per heavy atom. The topological polar surface area (TPSA) is 66.8 Å². The number of carbonyl (C=O) groups excluding carboxylic acids is 1. The molecule has 0 saturated heterocycles. The second-order valence-corrected chi connectivity index (χ2v) is 18.3. The van der Waals surface area contributed by atoms with Crippen LogP contribution in [0.25, 0.3) is 0 Å². The fourth-order valence-electron chi connectivity index (χ4n) is 12.8. The van der Waals surface area contributed by atoms with Gasteiger partial charge in [-0.2, -0.15) is 0 Å². The lowest BCUT2D eigenvalue weighted by atomic mass is 9.32. The van der Waals surface area contributed by atoms with Crippen molar-refractivity contribution in [3.8, 4) is 0 Å².